The minimum absolute atomic E-state index is 0.161. The first-order valence-corrected chi connectivity index (χ1v) is 6.70. The molecule has 0 heterocycles. The van der Waals surface area contributed by atoms with E-state index in [4.69, 9.17) is 9.47 Å². The monoisotopic (exact) mass is 265 g/mol. The molecule has 106 valence electrons. The smallest absolute Gasteiger partial charge is 0.310 e. The predicted octanol–water partition coefficient (Wildman–Crippen LogP) is 3.08. The molecule has 0 saturated heterocycles. The average Bonchev–Trinajstić information content (AvgIpc) is 2.37. The van der Waals surface area contributed by atoms with Gasteiger partial charge < -0.3 is 14.8 Å². The second-order valence-electron chi connectivity index (χ2n) is 4.72. The van der Waals surface area contributed by atoms with Gasteiger partial charge in [0.2, 0.25) is 0 Å². The molecule has 0 aliphatic carbocycles. The van der Waals surface area contributed by atoms with E-state index >= 15 is 0 Å². The normalized spacial score (nSPS) is 12.1. The van der Waals surface area contributed by atoms with E-state index in [1.807, 2.05) is 52.0 Å². The van der Waals surface area contributed by atoms with E-state index in [1.165, 1.54) is 0 Å². The van der Waals surface area contributed by atoms with E-state index in [9.17, 15) is 4.79 Å². The lowest BCUT2D eigenvalue weighted by molar-refractivity contribution is -0.146. The maximum atomic E-state index is 11.5. The van der Waals surface area contributed by atoms with Crippen LogP contribution in [0.4, 0.5) is 5.69 Å². The van der Waals surface area contributed by atoms with Gasteiger partial charge in [-0.1, -0.05) is 6.92 Å². The number of hydrogen-bond donors (Lipinski definition) is 1. The molecule has 0 bridgehead atoms. The largest absolute Gasteiger partial charge is 0.491 e. The number of ether oxygens (including phenoxy) is 2. The zero-order chi connectivity index (χ0) is 14.3. The highest BCUT2D eigenvalue weighted by atomic mass is 16.5. The van der Waals surface area contributed by atoms with Gasteiger partial charge in [-0.15, -0.1) is 0 Å². The third-order valence-electron chi connectivity index (χ3n) is 2.53. The number of carbonyl (C=O) groups is 1. The number of carbonyl (C=O) groups excluding carboxylic acids is 1. The average molecular weight is 265 g/mol. The van der Waals surface area contributed by atoms with Crippen LogP contribution in [0.15, 0.2) is 24.3 Å². The van der Waals surface area contributed by atoms with Crippen molar-refractivity contribution < 1.29 is 14.3 Å². The van der Waals surface area contributed by atoms with Crippen molar-refractivity contribution in [1.29, 1.82) is 0 Å². The molecule has 1 N–H and O–H groups in total. The molecule has 4 nitrogen and oxygen atoms in total. The van der Waals surface area contributed by atoms with E-state index in [1.54, 1.807) is 0 Å². The number of rotatable bonds is 7. The highest BCUT2D eigenvalue weighted by Gasteiger charge is 2.13. The Kier molecular flexibility index (Phi) is 6.19. The summed E-state index contributed by atoms with van der Waals surface area (Å²) in [6, 6.07) is 7.71. The standard InChI is InChI=1S/C15H23NO3/c1-5-18-15(17)12(4)10-16-13-6-8-14(9-7-13)19-11(2)3/h6-9,11-12,16H,5,10H2,1-4H3. The van der Waals surface area contributed by atoms with E-state index in [-0.39, 0.29) is 18.0 Å². The van der Waals surface area contributed by atoms with E-state index in [2.05, 4.69) is 5.32 Å². The fraction of sp³-hybridized carbons (Fsp3) is 0.533. The fourth-order valence-electron chi connectivity index (χ4n) is 1.56. The Labute approximate surface area is 115 Å². The lowest BCUT2D eigenvalue weighted by Crippen LogP contribution is -2.22. The van der Waals surface area contributed by atoms with Crippen molar-refractivity contribution in [3.8, 4) is 5.75 Å². The first kappa shape index (κ1) is 15.3. The summed E-state index contributed by atoms with van der Waals surface area (Å²) in [5, 5.41) is 3.21. The van der Waals surface area contributed by atoms with Gasteiger partial charge in [-0.25, -0.2) is 0 Å². The van der Waals surface area contributed by atoms with Crippen LogP contribution >= 0.6 is 0 Å². The summed E-state index contributed by atoms with van der Waals surface area (Å²) < 4.78 is 10.5. The Balaban J connectivity index is 2.43. The van der Waals surface area contributed by atoms with Crippen LogP contribution in [0.3, 0.4) is 0 Å². The molecule has 0 saturated carbocycles. The van der Waals surface area contributed by atoms with Gasteiger partial charge >= 0.3 is 5.97 Å². The maximum Gasteiger partial charge on any atom is 0.310 e. The molecule has 0 amide bonds. The number of hydrogen-bond acceptors (Lipinski definition) is 4. The van der Waals surface area contributed by atoms with Crippen LogP contribution in [0.5, 0.6) is 5.75 Å². The van der Waals surface area contributed by atoms with Gasteiger partial charge in [0.05, 0.1) is 18.6 Å². The summed E-state index contributed by atoms with van der Waals surface area (Å²) in [5.74, 6) is 0.514. The van der Waals surface area contributed by atoms with Gasteiger partial charge in [0.15, 0.2) is 0 Å². The Morgan fingerprint density at radius 1 is 1.21 bits per heavy atom. The summed E-state index contributed by atoms with van der Waals surface area (Å²) in [6.07, 6.45) is 0.169. The number of anilines is 1. The first-order chi connectivity index (χ1) is 9.02. The van der Waals surface area contributed by atoms with Crippen molar-refractivity contribution in [3.63, 3.8) is 0 Å². The predicted molar refractivity (Wildman–Crippen MR) is 76.5 cm³/mol. The molecule has 0 radical (unpaired) electrons. The summed E-state index contributed by atoms with van der Waals surface area (Å²) in [5.41, 5.74) is 0.965. The van der Waals surface area contributed by atoms with Crippen molar-refractivity contribution in [2.75, 3.05) is 18.5 Å². The van der Waals surface area contributed by atoms with Gasteiger partial charge in [0.25, 0.3) is 0 Å². The highest BCUT2D eigenvalue weighted by Crippen LogP contribution is 2.17. The van der Waals surface area contributed by atoms with Gasteiger partial charge in [-0.3, -0.25) is 4.79 Å². The van der Waals surface area contributed by atoms with Gasteiger partial charge in [-0.2, -0.15) is 0 Å². The number of nitrogens with one attached hydrogen (secondary N) is 1. The molecular formula is C15H23NO3. The molecule has 0 aliphatic rings. The highest BCUT2D eigenvalue weighted by molar-refractivity contribution is 5.72. The lowest BCUT2D eigenvalue weighted by atomic mass is 10.2. The Morgan fingerprint density at radius 2 is 1.84 bits per heavy atom. The Morgan fingerprint density at radius 3 is 2.37 bits per heavy atom. The van der Waals surface area contributed by atoms with Crippen LogP contribution in [0, 0.1) is 5.92 Å². The molecule has 0 fully saturated rings. The van der Waals surface area contributed by atoms with Crippen LogP contribution in [-0.2, 0) is 9.53 Å². The maximum absolute atomic E-state index is 11.5. The zero-order valence-electron chi connectivity index (χ0n) is 12.1. The third kappa shape index (κ3) is 5.64. The fourth-order valence-corrected chi connectivity index (χ4v) is 1.56. The zero-order valence-corrected chi connectivity index (χ0v) is 12.1. The third-order valence-corrected chi connectivity index (χ3v) is 2.53. The van der Waals surface area contributed by atoms with E-state index < -0.39 is 0 Å². The Bertz CT molecular complexity index is 387. The minimum Gasteiger partial charge on any atom is -0.491 e. The van der Waals surface area contributed by atoms with Crippen molar-refractivity contribution in [2.45, 2.75) is 33.8 Å². The summed E-state index contributed by atoms with van der Waals surface area (Å²) >= 11 is 0. The molecule has 1 aromatic rings. The molecule has 0 aromatic heterocycles. The second kappa shape index (κ2) is 7.67. The van der Waals surface area contributed by atoms with Gasteiger partial charge in [0.1, 0.15) is 5.75 Å². The molecule has 1 unspecified atom stereocenters. The van der Waals surface area contributed by atoms with Crippen molar-refractivity contribution >= 4 is 11.7 Å². The topological polar surface area (TPSA) is 47.6 Å². The lowest BCUT2D eigenvalue weighted by Gasteiger charge is -2.13. The molecule has 1 aromatic carbocycles. The number of esters is 1. The molecule has 19 heavy (non-hydrogen) atoms. The van der Waals surface area contributed by atoms with Crippen LogP contribution < -0.4 is 10.1 Å². The summed E-state index contributed by atoms with van der Waals surface area (Å²) in [6.45, 7) is 8.63. The number of benzene rings is 1. The van der Waals surface area contributed by atoms with Gasteiger partial charge in [0, 0.05) is 12.2 Å². The van der Waals surface area contributed by atoms with Crippen LogP contribution in [0.1, 0.15) is 27.7 Å². The van der Waals surface area contributed by atoms with E-state index in [0.717, 1.165) is 11.4 Å². The summed E-state index contributed by atoms with van der Waals surface area (Å²) in [4.78, 5) is 11.5. The van der Waals surface area contributed by atoms with Gasteiger partial charge in [-0.05, 0) is 45.0 Å². The Hall–Kier alpha value is -1.71. The van der Waals surface area contributed by atoms with Crippen molar-refractivity contribution in [3.05, 3.63) is 24.3 Å². The quantitative estimate of drug-likeness (QED) is 0.770. The molecule has 1 rings (SSSR count). The molecule has 0 aliphatic heterocycles. The van der Waals surface area contributed by atoms with Crippen molar-refractivity contribution in [2.24, 2.45) is 5.92 Å². The van der Waals surface area contributed by atoms with Crippen molar-refractivity contribution in [1.82, 2.24) is 0 Å². The van der Waals surface area contributed by atoms with Crippen LogP contribution in [-0.4, -0.2) is 25.2 Å². The minimum atomic E-state index is -0.172. The van der Waals surface area contributed by atoms with E-state index in [0.29, 0.717) is 13.2 Å². The first-order valence-electron chi connectivity index (χ1n) is 6.70. The van der Waals surface area contributed by atoms with Crippen LogP contribution in [0.25, 0.3) is 0 Å². The molecule has 1 atom stereocenters. The molecular weight excluding hydrogens is 242 g/mol. The molecule has 0 spiro atoms. The SMILES string of the molecule is CCOC(=O)C(C)CNc1ccc(OC(C)C)cc1. The van der Waals surface area contributed by atoms with Crippen LogP contribution in [0.2, 0.25) is 0 Å². The molecule has 4 heteroatoms. The second-order valence-corrected chi connectivity index (χ2v) is 4.72. The summed E-state index contributed by atoms with van der Waals surface area (Å²) in [7, 11) is 0.